The SMILES string of the molecule is B/C(=C/C=N)NC. The fraction of sp³-hybridized carbons (Fsp3) is 0.250. The van der Waals surface area contributed by atoms with Crippen LogP contribution in [0.25, 0.3) is 0 Å². The Balaban J connectivity index is 3.49. The molecule has 2 nitrogen and oxygen atoms in total. The van der Waals surface area contributed by atoms with Crippen LogP contribution in [0.15, 0.2) is 11.7 Å². The third-order valence-electron chi connectivity index (χ3n) is 0.728. The molecule has 3 heteroatoms. The molecular formula is C4H9BN2. The molecule has 0 aliphatic heterocycles. The van der Waals surface area contributed by atoms with Gasteiger partial charge in [0.05, 0.1) is 0 Å². The van der Waals surface area contributed by atoms with E-state index in [0.717, 1.165) is 5.60 Å². The van der Waals surface area contributed by atoms with Gasteiger partial charge in [0, 0.05) is 13.3 Å². The molecule has 0 aromatic carbocycles. The highest BCUT2D eigenvalue weighted by Gasteiger charge is 1.72. The molecule has 0 spiro atoms. The van der Waals surface area contributed by atoms with Gasteiger partial charge in [0.25, 0.3) is 0 Å². The van der Waals surface area contributed by atoms with E-state index in [0.29, 0.717) is 0 Å². The first-order valence-corrected chi connectivity index (χ1v) is 2.16. The Morgan fingerprint density at radius 3 is 2.57 bits per heavy atom. The summed E-state index contributed by atoms with van der Waals surface area (Å²) in [7, 11) is 3.74. The Morgan fingerprint density at radius 1 is 1.86 bits per heavy atom. The predicted octanol–water partition coefficient (Wildman–Crippen LogP) is -0.670. The zero-order valence-corrected chi connectivity index (χ0v) is 4.65. The molecular weight excluding hydrogens is 86.9 g/mol. The van der Waals surface area contributed by atoms with E-state index in [-0.39, 0.29) is 0 Å². The van der Waals surface area contributed by atoms with Gasteiger partial charge in [-0.3, -0.25) is 0 Å². The minimum absolute atomic E-state index is 1.01. The van der Waals surface area contributed by atoms with Crippen molar-refractivity contribution in [3.63, 3.8) is 0 Å². The minimum atomic E-state index is 1.01. The Hall–Kier alpha value is -0.725. The number of nitrogens with one attached hydrogen (secondary N) is 2. The van der Waals surface area contributed by atoms with Crippen LogP contribution in [0.3, 0.4) is 0 Å². The van der Waals surface area contributed by atoms with E-state index in [9.17, 15) is 0 Å². The van der Waals surface area contributed by atoms with E-state index in [4.69, 9.17) is 5.41 Å². The second-order valence-electron chi connectivity index (χ2n) is 1.27. The van der Waals surface area contributed by atoms with Crippen LogP contribution in [-0.2, 0) is 0 Å². The predicted molar refractivity (Wildman–Crippen MR) is 34.5 cm³/mol. The average Bonchev–Trinajstić information content (AvgIpc) is 1.68. The lowest BCUT2D eigenvalue weighted by atomic mass is 10.1. The van der Waals surface area contributed by atoms with E-state index in [2.05, 4.69) is 5.32 Å². The van der Waals surface area contributed by atoms with Gasteiger partial charge in [-0.15, -0.1) is 0 Å². The first-order chi connectivity index (χ1) is 3.31. The van der Waals surface area contributed by atoms with Gasteiger partial charge in [0.15, 0.2) is 7.85 Å². The summed E-state index contributed by atoms with van der Waals surface area (Å²) in [5.74, 6) is 0. The van der Waals surface area contributed by atoms with Crippen molar-refractivity contribution < 1.29 is 0 Å². The molecule has 0 rings (SSSR count). The summed E-state index contributed by atoms with van der Waals surface area (Å²) >= 11 is 0. The zero-order chi connectivity index (χ0) is 5.70. The lowest BCUT2D eigenvalue weighted by Gasteiger charge is -1.92. The van der Waals surface area contributed by atoms with Crippen LogP contribution < -0.4 is 5.32 Å². The van der Waals surface area contributed by atoms with Crippen LogP contribution >= 0.6 is 0 Å². The maximum absolute atomic E-state index is 6.60. The van der Waals surface area contributed by atoms with E-state index in [1.807, 2.05) is 14.9 Å². The quantitative estimate of drug-likeness (QED) is 0.347. The first kappa shape index (κ1) is 6.27. The topological polar surface area (TPSA) is 35.9 Å². The van der Waals surface area contributed by atoms with Gasteiger partial charge in [-0.1, -0.05) is 0 Å². The fourth-order valence-electron chi connectivity index (χ4n) is 0.208. The van der Waals surface area contributed by atoms with Gasteiger partial charge >= 0.3 is 0 Å². The molecule has 0 aliphatic carbocycles. The number of rotatable bonds is 2. The fourth-order valence-corrected chi connectivity index (χ4v) is 0.208. The summed E-state index contributed by atoms with van der Waals surface area (Å²) in [6, 6.07) is 0. The van der Waals surface area contributed by atoms with Crippen LogP contribution in [-0.4, -0.2) is 21.1 Å². The van der Waals surface area contributed by atoms with Crippen LogP contribution in [0, 0.1) is 5.41 Å². The normalized spacial score (nSPS) is 10.7. The highest BCUT2D eigenvalue weighted by molar-refractivity contribution is 6.22. The summed E-state index contributed by atoms with van der Waals surface area (Å²) in [6.45, 7) is 0. The molecule has 0 aliphatic rings. The molecule has 0 aromatic rings. The van der Waals surface area contributed by atoms with Crippen molar-refractivity contribution in [2.75, 3.05) is 7.05 Å². The molecule has 0 radical (unpaired) electrons. The largest absolute Gasteiger partial charge is 0.400 e. The zero-order valence-electron chi connectivity index (χ0n) is 4.65. The Bertz CT molecular complexity index is 87.7. The molecule has 0 bridgehead atoms. The Labute approximate surface area is 44.5 Å². The van der Waals surface area contributed by atoms with Gasteiger partial charge < -0.3 is 10.7 Å². The summed E-state index contributed by atoms with van der Waals surface area (Å²) in [5, 5.41) is 9.47. The number of hydrogen-bond donors (Lipinski definition) is 2. The molecule has 0 saturated carbocycles. The molecule has 0 saturated heterocycles. The second kappa shape index (κ2) is 3.46. The van der Waals surface area contributed by atoms with Crippen molar-refractivity contribution in [3.05, 3.63) is 11.7 Å². The van der Waals surface area contributed by atoms with Crippen molar-refractivity contribution in [1.82, 2.24) is 5.32 Å². The number of hydrogen-bond acceptors (Lipinski definition) is 2. The van der Waals surface area contributed by atoms with Crippen molar-refractivity contribution in [2.45, 2.75) is 0 Å². The molecule has 38 valence electrons. The molecule has 2 N–H and O–H groups in total. The minimum Gasteiger partial charge on any atom is -0.400 e. The van der Waals surface area contributed by atoms with Crippen LogP contribution in [0.4, 0.5) is 0 Å². The van der Waals surface area contributed by atoms with Crippen LogP contribution in [0.5, 0.6) is 0 Å². The van der Waals surface area contributed by atoms with E-state index in [1.165, 1.54) is 6.21 Å². The molecule has 0 aromatic heterocycles. The summed E-state index contributed by atoms with van der Waals surface area (Å²) in [5.41, 5.74) is 1.01. The Kier molecular flexibility index (Phi) is 3.11. The maximum atomic E-state index is 6.60. The maximum Gasteiger partial charge on any atom is 0.160 e. The summed E-state index contributed by atoms with van der Waals surface area (Å²) in [4.78, 5) is 0. The average molecular weight is 95.9 g/mol. The molecule has 7 heavy (non-hydrogen) atoms. The van der Waals surface area contributed by atoms with Crippen molar-refractivity contribution in [1.29, 1.82) is 5.41 Å². The molecule has 0 fully saturated rings. The van der Waals surface area contributed by atoms with Gasteiger partial charge in [0.2, 0.25) is 0 Å². The highest BCUT2D eigenvalue weighted by atomic mass is 14.8. The van der Waals surface area contributed by atoms with Gasteiger partial charge in [-0.25, -0.2) is 0 Å². The lowest BCUT2D eigenvalue weighted by Crippen LogP contribution is -2.04. The third kappa shape index (κ3) is 3.10. The van der Waals surface area contributed by atoms with Crippen LogP contribution in [0.2, 0.25) is 0 Å². The highest BCUT2D eigenvalue weighted by Crippen LogP contribution is 1.70. The molecule has 0 amide bonds. The molecule has 0 heterocycles. The summed E-state index contributed by atoms with van der Waals surface area (Å²) in [6.07, 6.45) is 2.95. The van der Waals surface area contributed by atoms with Crippen molar-refractivity contribution in [2.24, 2.45) is 0 Å². The summed E-state index contributed by atoms with van der Waals surface area (Å²) < 4.78 is 0. The van der Waals surface area contributed by atoms with Crippen LogP contribution in [0.1, 0.15) is 0 Å². The second-order valence-corrected chi connectivity index (χ2v) is 1.27. The van der Waals surface area contributed by atoms with Crippen molar-refractivity contribution in [3.8, 4) is 0 Å². The van der Waals surface area contributed by atoms with Gasteiger partial charge in [0.1, 0.15) is 0 Å². The third-order valence-corrected chi connectivity index (χ3v) is 0.728. The van der Waals surface area contributed by atoms with E-state index >= 15 is 0 Å². The molecule has 0 atom stereocenters. The smallest absolute Gasteiger partial charge is 0.160 e. The van der Waals surface area contributed by atoms with Gasteiger partial charge in [-0.05, 0) is 11.7 Å². The monoisotopic (exact) mass is 96.1 g/mol. The Morgan fingerprint density at radius 2 is 2.43 bits per heavy atom. The number of allylic oxidation sites excluding steroid dienone is 1. The lowest BCUT2D eigenvalue weighted by molar-refractivity contribution is 1.08. The van der Waals surface area contributed by atoms with Crippen molar-refractivity contribution >= 4 is 14.1 Å². The molecule has 0 unspecified atom stereocenters. The van der Waals surface area contributed by atoms with Gasteiger partial charge in [-0.2, -0.15) is 0 Å². The standard InChI is InChI=1S/C4H9BN2/c1-7-4(5)2-3-6/h2-3,6-7H,5H2,1H3/b4-2-,6-3?. The first-order valence-electron chi connectivity index (χ1n) is 2.16. The van der Waals surface area contributed by atoms with E-state index in [1.54, 1.807) is 6.08 Å². The van der Waals surface area contributed by atoms with E-state index < -0.39 is 0 Å².